The van der Waals surface area contributed by atoms with Crippen LogP contribution in [-0.2, 0) is 14.3 Å². The monoisotopic (exact) mass is 174 g/mol. The minimum Gasteiger partial charge on any atom is -0.465 e. The molecule has 0 aliphatic carbocycles. The fraction of sp³-hybridized carbons (Fsp3) is 0.889. The van der Waals surface area contributed by atoms with Gasteiger partial charge in [-0.1, -0.05) is 13.8 Å². The summed E-state index contributed by atoms with van der Waals surface area (Å²) in [4.78, 5) is 10.7. The lowest BCUT2D eigenvalue weighted by molar-refractivity contribution is -0.145. The van der Waals surface area contributed by atoms with E-state index in [0.717, 1.165) is 0 Å². The normalized spacial score (nSPS) is 12.6. The molecule has 1 atom stereocenters. The van der Waals surface area contributed by atoms with Crippen LogP contribution >= 0.6 is 0 Å². The van der Waals surface area contributed by atoms with Gasteiger partial charge in [-0.2, -0.15) is 0 Å². The van der Waals surface area contributed by atoms with E-state index < -0.39 is 0 Å². The molecular formula is C9H18O3. The highest BCUT2D eigenvalue weighted by atomic mass is 16.5. The van der Waals surface area contributed by atoms with E-state index in [4.69, 9.17) is 9.47 Å². The zero-order chi connectivity index (χ0) is 9.40. The van der Waals surface area contributed by atoms with Gasteiger partial charge in [-0.15, -0.1) is 0 Å². The molecular weight excluding hydrogens is 156 g/mol. The predicted molar refractivity (Wildman–Crippen MR) is 46.9 cm³/mol. The van der Waals surface area contributed by atoms with Gasteiger partial charge < -0.3 is 9.47 Å². The maximum absolute atomic E-state index is 10.7. The van der Waals surface area contributed by atoms with Crippen molar-refractivity contribution in [2.45, 2.75) is 27.2 Å². The number of carbonyl (C=O) groups is 1. The number of rotatable bonds is 6. The van der Waals surface area contributed by atoms with Crippen LogP contribution in [0.15, 0.2) is 0 Å². The van der Waals surface area contributed by atoms with E-state index in [9.17, 15) is 4.79 Å². The Morgan fingerprint density at radius 3 is 2.50 bits per heavy atom. The van der Waals surface area contributed by atoms with Crippen LogP contribution in [0.25, 0.3) is 0 Å². The molecule has 0 aliphatic heterocycles. The van der Waals surface area contributed by atoms with Gasteiger partial charge in [0.25, 0.3) is 0 Å². The van der Waals surface area contributed by atoms with Crippen molar-refractivity contribution >= 4 is 5.97 Å². The average molecular weight is 174 g/mol. The van der Waals surface area contributed by atoms with Gasteiger partial charge in [-0.05, 0) is 6.92 Å². The summed E-state index contributed by atoms with van der Waals surface area (Å²) in [6, 6.07) is 0. The summed E-state index contributed by atoms with van der Waals surface area (Å²) < 4.78 is 10.1. The Hall–Kier alpha value is -0.570. The van der Waals surface area contributed by atoms with Crippen molar-refractivity contribution in [3.05, 3.63) is 0 Å². The topological polar surface area (TPSA) is 35.5 Å². The predicted octanol–water partition coefficient (Wildman–Crippen LogP) is 1.61. The smallest absolute Gasteiger partial charge is 0.305 e. The van der Waals surface area contributed by atoms with Crippen molar-refractivity contribution in [3.63, 3.8) is 0 Å². The third-order valence-corrected chi connectivity index (χ3v) is 1.42. The number of carbonyl (C=O) groups excluding carboxylic acids is 1. The summed E-state index contributed by atoms with van der Waals surface area (Å²) >= 11 is 0. The second-order valence-corrected chi connectivity index (χ2v) is 2.80. The number of hydrogen-bond acceptors (Lipinski definition) is 3. The summed E-state index contributed by atoms with van der Waals surface area (Å²) in [6.45, 7) is 7.57. The molecule has 3 nitrogen and oxygen atoms in total. The Morgan fingerprint density at radius 2 is 2.00 bits per heavy atom. The molecule has 1 unspecified atom stereocenters. The minimum absolute atomic E-state index is 0.140. The molecule has 0 aliphatic rings. The van der Waals surface area contributed by atoms with Gasteiger partial charge in [0.1, 0.15) is 0 Å². The zero-order valence-corrected chi connectivity index (χ0v) is 8.13. The lowest BCUT2D eigenvalue weighted by Crippen LogP contribution is -2.15. The molecule has 0 bridgehead atoms. The molecule has 0 spiro atoms. The van der Waals surface area contributed by atoms with E-state index in [1.165, 1.54) is 0 Å². The maximum atomic E-state index is 10.7. The van der Waals surface area contributed by atoms with Gasteiger partial charge in [0.05, 0.1) is 13.2 Å². The summed E-state index contributed by atoms with van der Waals surface area (Å²) in [5.74, 6) is 0.152. The number of hydrogen-bond donors (Lipinski definition) is 0. The first-order valence-electron chi connectivity index (χ1n) is 4.44. The Balaban J connectivity index is 3.30. The first-order valence-corrected chi connectivity index (χ1v) is 4.44. The van der Waals surface area contributed by atoms with E-state index in [1.54, 1.807) is 6.92 Å². The van der Waals surface area contributed by atoms with Gasteiger partial charge in [0, 0.05) is 18.9 Å². The maximum Gasteiger partial charge on any atom is 0.305 e. The summed E-state index contributed by atoms with van der Waals surface area (Å²) in [5, 5.41) is 0. The van der Waals surface area contributed by atoms with Crippen molar-refractivity contribution in [2.24, 2.45) is 5.92 Å². The van der Waals surface area contributed by atoms with Crippen molar-refractivity contribution in [1.82, 2.24) is 0 Å². The van der Waals surface area contributed by atoms with Crippen molar-refractivity contribution in [1.29, 1.82) is 0 Å². The zero-order valence-electron chi connectivity index (χ0n) is 8.13. The second kappa shape index (κ2) is 7.10. The van der Waals surface area contributed by atoms with E-state index in [-0.39, 0.29) is 5.97 Å². The van der Waals surface area contributed by atoms with Crippen molar-refractivity contribution in [3.8, 4) is 0 Å². The summed E-state index contributed by atoms with van der Waals surface area (Å²) in [6.07, 6.45) is 0.446. The molecule has 0 radical (unpaired) electrons. The molecule has 0 fully saturated rings. The molecule has 0 amide bonds. The third kappa shape index (κ3) is 6.16. The highest BCUT2D eigenvalue weighted by Gasteiger charge is 2.04. The molecule has 0 aromatic heterocycles. The molecule has 72 valence electrons. The molecule has 0 aromatic rings. The van der Waals surface area contributed by atoms with E-state index in [2.05, 4.69) is 0 Å². The van der Waals surface area contributed by atoms with Crippen LogP contribution in [0.2, 0.25) is 0 Å². The second-order valence-electron chi connectivity index (χ2n) is 2.80. The van der Waals surface area contributed by atoms with E-state index in [0.29, 0.717) is 32.2 Å². The summed E-state index contributed by atoms with van der Waals surface area (Å²) in [5.41, 5.74) is 0. The van der Waals surface area contributed by atoms with Gasteiger partial charge in [0.2, 0.25) is 0 Å². The van der Waals surface area contributed by atoms with Crippen LogP contribution in [-0.4, -0.2) is 25.8 Å². The highest BCUT2D eigenvalue weighted by Crippen LogP contribution is 1.97. The molecule has 0 saturated carbocycles. The number of esters is 1. The molecule has 0 N–H and O–H groups in total. The van der Waals surface area contributed by atoms with Gasteiger partial charge in [-0.3, -0.25) is 4.79 Å². The Bertz CT molecular complexity index is 123. The van der Waals surface area contributed by atoms with Crippen LogP contribution in [0.1, 0.15) is 27.2 Å². The third-order valence-electron chi connectivity index (χ3n) is 1.42. The first kappa shape index (κ1) is 11.4. The van der Waals surface area contributed by atoms with Crippen molar-refractivity contribution < 1.29 is 14.3 Å². The van der Waals surface area contributed by atoms with E-state index in [1.807, 2.05) is 13.8 Å². The number of ether oxygens (including phenoxy) is 2. The van der Waals surface area contributed by atoms with Crippen LogP contribution in [0.5, 0.6) is 0 Å². The molecule has 0 heterocycles. The fourth-order valence-corrected chi connectivity index (χ4v) is 0.704. The van der Waals surface area contributed by atoms with Gasteiger partial charge >= 0.3 is 5.97 Å². The van der Waals surface area contributed by atoms with Gasteiger partial charge in [0.15, 0.2) is 0 Å². The van der Waals surface area contributed by atoms with Crippen LogP contribution in [0.4, 0.5) is 0 Å². The van der Waals surface area contributed by atoms with Crippen molar-refractivity contribution in [2.75, 3.05) is 19.8 Å². The SMILES string of the molecule is CCOCC(C)COC(=O)CC. The van der Waals surface area contributed by atoms with Gasteiger partial charge in [-0.25, -0.2) is 0 Å². The largest absolute Gasteiger partial charge is 0.465 e. The average Bonchev–Trinajstić information content (AvgIpc) is 2.10. The molecule has 3 heteroatoms. The Kier molecular flexibility index (Phi) is 6.76. The highest BCUT2D eigenvalue weighted by molar-refractivity contribution is 5.68. The molecule has 0 rings (SSSR count). The van der Waals surface area contributed by atoms with E-state index >= 15 is 0 Å². The molecule has 0 saturated heterocycles. The Morgan fingerprint density at radius 1 is 1.33 bits per heavy atom. The minimum atomic E-state index is -0.140. The fourth-order valence-electron chi connectivity index (χ4n) is 0.704. The molecule has 0 aromatic carbocycles. The van der Waals surface area contributed by atoms with Crippen LogP contribution in [0, 0.1) is 5.92 Å². The molecule has 12 heavy (non-hydrogen) atoms. The quantitative estimate of drug-likeness (QED) is 0.574. The van der Waals surface area contributed by atoms with Crippen LogP contribution in [0.3, 0.4) is 0 Å². The lowest BCUT2D eigenvalue weighted by Gasteiger charge is -2.10. The van der Waals surface area contributed by atoms with Crippen LogP contribution < -0.4 is 0 Å². The Labute approximate surface area is 74.0 Å². The summed E-state index contributed by atoms with van der Waals surface area (Å²) in [7, 11) is 0. The first-order chi connectivity index (χ1) is 5.70. The standard InChI is InChI=1S/C9H18O3/c1-4-9(10)12-7-8(3)6-11-5-2/h8H,4-7H2,1-3H3. The lowest BCUT2D eigenvalue weighted by atomic mass is 10.2.